The van der Waals surface area contributed by atoms with Gasteiger partial charge in [-0.2, -0.15) is 0 Å². The third-order valence-electron chi connectivity index (χ3n) is 7.26. The zero-order chi connectivity index (χ0) is 26.1. The fourth-order valence-electron chi connectivity index (χ4n) is 5.56. The minimum absolute atomic E-state index is 0.315. The third kappa shape index (κ3) is 3.80. The van der Waals surface area contributed by atoms with Crippen molar-refractivity contribution < 1.29 is 9.90 Å². The summed E-state index contributed by atoms with van der Waals surface area (Å²) in [5, 5.41) is 12.1. The average molecular weight is 498 g/mol. The van der Waals surface area contributed by atoms with Gasteiger partial charge in [0, 0.05) is 35.0 Å². The van der Waals surface area contributed by atoms with Gasteiger partial charge in [0.2, 0.25) is 0 Å². The van der Waals surface area contributed by atoms with Crippen molar-refractivity contribution >= 4 is 11.7 Å². The largest absolute Gasteiger partial charge is 0.478 e. The maximum atomic E-state index is 12.0. The number of nitrogens with one attached hydrogen (secondary N) is 1. The Morgan fingerprint density at radius 1 is 0.842 bits per heavy atom. The van der Waals surface area contributed by atoms with E-state index in [-0.39, 0.29) is 0 Å². The van der Waals surface area contributed by atoms with Crippen LogP contribution < -0.4 is 5.43 Å². The molecular formula is C33H27N3O2. The number of pyridine rings is 1. The lowest BCUT2D eigenvalue weighted by atomic mass is 9.75. The number of aliphatic carboxylic acids is 1. The van der Waals surface area contributed by atoms with E-state index < -0.39 is 11.5 Å². The van der Waals surface area contributed by atoms with E-state index in [0.29, 0.717) is 12.0 Å². The van der Waals surface area contributed by atoms with Crippen molar-refractivity contribution in [2.45, 2.75) is 18.9 Å². The summed E-state index contributed by atoms with van der Waals surface area (Å²) in [6.45, 7) is 1.96. The Kier molecular flexibility index (Phi) is 5.89. The molecule has 2 N–H and O–H groups in total. The molecule has 0 fully saturated rings. The number of hydrazine groups is 1. The normalized spacial score (nSPS) is 14.9. The molecule has 3 aromatic carbocycles. The molecule has 5 heteroatoms. The van der Waals surface area contributed by atoms with Gasteiger partial charge in [-0.3, -0.25) is 15.4 Å². The summed E-state index contributed by atoms with van der Waals surface area (Å²) < 4.78 is 0. The van der Waals surface area contributed by atoms with Gasteiger partial charge in [-0.05, 0) is 47.9 Å². The summed E-state index contributed by atoms with van der Waals surface area (Å²) in [7, 11) is 0. The van der Waals surface area contributed by atoms with Gasteiger partial charge in [-0.15, -0.1) is 0 Å². The van der Waals surface area contributed by atoms with Crippen LogP contribution in [0.15, 0.2) is 138 Å². The first kappa shape index (κ1) is 23.5. The molecule has 0 spiro atoms. The molecule has 1 aliphatic carbocycles. The van der Waals surface area contributed by atoms with Gasteiger partial charge < -0.3 is 5.11 Å². The smallest absolute Gasteiger partial charge is 0.331 e. The topological polar surface area (TPSA) is 65.5 Å². The molecule has 0 unspecified atom stereocenters. The molecule has 5 nitrogen and oxygen atoms in total. The van der Waals surface area contributed by atoms with Gasteiger partial charge in [0.05, 0.1) is 11.4 Å². The molecule has 1 aromatic heterocycles. The van der Waals surface area contributed by atoms with Crippen molar-refractivity contribution in [1.82, 2.24) is 15.4 Å². The van der Waals surface area contributed by atoms with Crippen LogP contribution in [0.4, 0.5) is 0 Å². The second-order valence-electron chi connectivity index (χ2n) is 9.52. The Labute approximate surface area is 222 Å². The lowest BCUT2D eigenvalue weighted by Crippen LogP contribution is -2.51. The van der Waals surface area contributed by atoms with Crippen molar-refractivity contribution in [3.05, 3.63) is 166 Å². The van der Waals surface area contributed by atoms with Crippen LogP contribution in [-0.2, 0) is 10.3 Å². The van der Waals surface area contributed by atoms with Crippen LogP contribution in [0.1, 0.15) is 34.4 Å². The Bertz CT molecular complexity index is 1490. The molecule has 38 heavy (non-hydrogen) atoms. The SMILES string of the molecule is Cc1cc(C2=C3CC(C(=O)O)=CC=C3N(C(c3ccccc3)(c3ccccc3)c3ccccc3)N2)ccn1. The van der Waals surface area contributed by atoms with Gasteiger partial charge in [-0.1, -0.05) is 91.0 Å². The maximum Gasteiger partial charge on any atom is 0.331 e. The second kappa shape index (κ2) is 9.52. The number of hydrogen-bond acceptors (Lipinski definition) is 4. The lowest BCUT2D eigenvalue weighted by Gasteiger charge is -2.45. The van der Waals surface area contributed by atoms with Gasteiger partial charge in [0.15, 0.2) is 0 Å². The van der Waals surface area contributed by atoms with Crippen LogP contribution in [0.25, 0.3) is 5.70 Å². The Hall–Kier alpha value is -4.90. The highest BCUT2D eigenvalue weighted by molar-refractivity contribution is 5.90. The number of rotatable bonds is 6. The van der Waals surface area contributed by atoms with Gasteiger partial charge >= 0.3 is 5.97 Å². The van der Waals surface area contributed by atoms with E-state index in [1.165, 1.54) is 0 Å². The van der Waals surface area contributed by atoms with Crippen molar-refractivity contribution in [1.29, 1.82) is 0 Å². The first-order valence-corrected chi connectivity index (χ1v) is 12.6. The lowest BCUT2D eigenvalue weighted by molar-refractivity contribution is -0.132. The zero-order valence-electron chi connectivity index (χ0n) is 21.0. The van der Waals surface area contributed by atoms with Crippen LogP contribution in [0, 0.1) is 6.92 Å². The first-order chi connectivity index (χ1) is 18.6. The quantitative estimate of drug-likeness (QED) is 0.310. The molecule has 6 rings (SSSR count). The van der Waals surface area contributed by atoms with Crippen LogP contribution in [0.2, 0.25) is 0 Å². The summed E-state index contributed by atoms with van der Waals surface area (Å²) >= 11 is 0. The number of benzene rings is 3. The van der Waals surface area contributed by atoms with Crippen molar-refractivity contribution in [3.63, 3.8) is 0 Å². The number of carboxylic acid groups (broad SMARTS) is 1. The van der Waals surface area contributed by atoms with E-state index in [1.54, 1.807) is 12.3 Å². The number of aryl methyl sites for hydroxylation is 1. The first-order valence-electron chi connectivity index (χ1n) is 12.6. The Balaban J connectivity index is 1.66. The summed E-state index contributed by atoms with van der Waals surface area (Å²) in [5.41, 5.74) is 11.3. The molecule has 0 saturated carbocycles. The molecule has 0 saturated heterocycles. The highest BCUT2D eigenvalue weighted by Gasteiger charge is 2.48. The second-order valence-corrected chi connectivity index (χ2v) is 9.52. The van der Waals surface area contributed by atoms with Crippen LogP contribution >= 0.6 is 0 Å². The highest BCUT2D eigenvalue weighted by Crippen LogP contribution is 2.49. The van der Waals surface area contributed by atoms with Crippen LogP contribution in [0.3, 0.4) is 0 Å². The molecule has 0 radical (unpaired) electrons. The number of nitrogens with zero attached hydrogens (tertiary/aromatic N) is 2. The molecule has 0 amide bonds. The molecule has 0 atom stereocenters. The fraction of sp³-hybridized carbons (Fsp3) is 0.0909. The Morgan fingerprint density at radius 3 is 1.89 bits per heavy atom. The highest BCUT2D eigenvalue weighted by atomic mass is 16.4. The van der Waals surface area contributed by atoms with Crippen LogP contribution in [-0.4, -0.2) is 21.1 Å². The number of hydrogen-bond donors (Lipinski definition) is 2. The monoisotopic (exact) mass is 497 g/mol. The maximum absolute atomic E-state index is 12.0. The molecule has 186 valence electrons. The minimum Gasteiger partial charge on any atom is -0.478 e. The molecule has 4 aromatic rings. The number of carbonyl (C=O) groups is 1. The summed E-state index contributed by atoms with van der Waals surface area (Å²) in [5.74, 6) is -0.906. The van der Waals surface area contributed by atoms with Gasteiger partial charge in [0.25, 0.3) is 0 Å². The average Bonchev–Trinajstić information content (AvgIpc) is 3.34. The third-order valence-corrected chi connectivity index (χ3v) is 7.26. The van der Waals surface area contributed by atoms with E-state index in [9.17, 15) is 9.90 Å². The number of fused-ring (bicyclic) bond motifs is 1. The number of carboxylic acids is 1. The van der Waals surface area contributed by atoms with Crippen molar-refractivity contribution in [2.75, 3.05) is 0 Å². The fourth-order valence-corrected chi connectivity index (χ4v) is 5.56. The Morgan fingerprint density at radius 2 is 1.39 bits per heavy atom. The van der Waals surface area contributed by atoms with E-state index >= 15 is 0 Å². The van der Waals surface area contributed by atoms with Crippen LogP contribution in [0.5, 0.6) is 0 Å². The van der Waals surface area contributed by atoms with Crippen molar-refractivity contribution in [3.8, 4) is 0 Å². The molecule has 0 bridgehead atoms. The van der Waals surface area contributed by atoms with E-state index in [2.05, 4.69) is 88.2 Å². The summed E-state index contributed by atoms with van der Waals surface area (Å²) in [6.07, 6.45) is 5.76. The molecule has 2 aliphatic rings. The number of allylic oxidation sites excluding steroid dienone is 3. The van der Waals surface area contributed by atoms with E-state index in [0.717, 1.165) is 44.9 Å². The predicted molar refractivity (Wildman–Crippen MR) is 148 cm³/mol. The number of aromatic nitrogens is 1. The molecular weight excluding hydrogens is 470 g/mol. The zero-order valence-corrected chi connectivity index (χ0v) is 21.0. The molecule has 1 aliphatic heterocycles. The van der Waals surface area contributed by atoms with Gasteiger partial charge in [-0.25, -0.2) is 4.79 Å². The predicted octanol–water partition coefficient (Wildman–Crippen LogP) is 6.21. The van der Waals surface area contributed by atoms with E-state index in [1.807, 2.05) is 43.3 Å². The van der Waals surface area contributed by atoms with Gasteiger partial charge in [0.1, 0.15) is 5.54 Å². The molecule has 2 heterocycles. The van der Waals surface area contributed by atoms with Crippen molar-refractivity contribution in [2.24, 2.45) is 0 Å². The van der Waals surface area contributed by atoms with E-state index in [4.69, 9.17) is 0 Å². The summed E-state index contributed by atoms with van der Waals surface area (Å²) in [6, 6.07) is 35.3. The summed E-state index contributed by atoms with van der Waals surface area (Å²) in [4.78, 5) is 16.4. The minimum atomic E-state index is -0.906. The standard InChI is InChI=1S/C33H27N3O2/c1-23-21-24(19-20-34-23)31-29-22-25(32(37)38)17-18-30(29)36(35-31)33(26-11-5-2-6-12-26,27-13-7-3-8-14-27)28-15-9-4-10-16-28/h2-21,35H,22H2,1H3,(H,37,38).